The first-order chi connectivity index (χ1) is 8.46. The molecule has 0 unspecified atom stereocenters. The zero-order chi connectivity index (χ0) is 13.2. The standard InChI is InChI=1S/C11H11NO4S2/c13-11(14)4-6-18(15,16)12-9-1-2-10-8(7-9)3-5-17-10/h1-3,5,7,12H,4,6H2,(H,13,14). The highest BCUT2D eigenvalue weighted by Crippen LogP contribution is 2.24. The van der Waals surface area contributed by atoms with Crippen molar-refractivity contribution in [1.29, 1.82) is 0 Å². The number of sulfonamides is 1. The number of carbonyl (C=O) groups is 1. The molecule has 0 spiro atoms. The van der Waals surface area contributed by atoms with Crippen molar-refractivity contribution in [2.24, 2.45) is 0 Å². The van der Waals surface area contributed by atoms with Gasteiger partial charge in [-0.05, 0) is 35.0 Å². The molecule has 0 aliphatic carbocycles. The largest absolute Gasteiger partial charge is 0.481 e. The Hall–Kier alpha value is -1.60. The van der Waals surface area contributed by atoms with Gasteiger partial charge in [-0.25, -0.2) is 8.42 Å². The Kier molecular flexibility index (Phi) is 3.53. The molecule has 0 saturated heterocycles. The minimum Gasteiger partial charge on any atom is -0.481 e. The fourth-order valence-corrected chi connectivity index (χ4v) is 3.28. The lowest BCUT2D eigenvalue weighted by Crippen LogP contribution is -2.18. The molecule has 1 aromatic heterocycles. The van der Waals surface area contributed by atoms with Gasteiger partial charge in [0.2, 0.25) is 10.0 Å². The number of anilines is 1. The SMILES string of the molecule is O=C(O)CCS(=O)(=O)Nc1ccc2sccc2c1. The van der Waals surface area contributed by atoms with Crippen LogP contribution in [0.4, 0.5) is 5.69 Å². The van der Waals surface area contributed by atoms with Crippen LogP contribution in [0.5, 0.6) is 0 Å². The number of thiophene rings is 1. The van der Waals surface area contributed by atoms with Crippen molar-refractivity contribution in [3.8, 4) is 0 Å². The maximum Gasteiger partial charge on any atom is 0.304 e. The maximum absolute atomic E-state index is 11.6. The van der Waals surface area contributed by atoms with Crippen molar-refractivity contribution in [1.82, 2.24) is 0 Å². The van der Waals surface area contributed by atoms with Crippen molar-refractivity contribution in [2.45, 2.75) is 6.42 Å². The molecule has 7 heteroatoms. The summed E-state index contributed by atoms with van der Waals surface area (Å²) in [4.78, 5) is 10.3. The van der Waals surface area contributed by atoms with E-state index in [4.69, 9.17) is 5.11 Å². The Balaban J connectivity index is 2.14. The lowest BCUT2D eigenvalue weighted by Gasteiger charge is -2.06. The summed E-state index contributed by atoms with van der Waals surface area (Å²) in [5.41, 5.74) is 0.450. The number of aliphatic carboxylic acids is 1. The van der Waals surface area contributed by atoms with Crippen LogP contribution in [0.2, 0.25) is 0 Å². The van der Waals surface area contributed by atoms with Crippen LogP contribution in [0.1, 0.15) is 6.42 Å². The summed E-state index contributed by atoms with van der Waals surface area (Å²) in [6.07, 6.45) is -0.407. The van der Waals surface area contributed by atoms with Crippen LogP contribution in [0, 0.1) is 0 Å². The minimum atomic E-state index is -3.61. The molecule has 2 aromatic rings. The third-order valence-electron chi connectivity index (χ3n) is 2.31. The quantitative estimate of drug-likeness (QED) is 0.881. The van der Waals surface area contributed by atoms with E-state index in [1.54, 1.807) is 23.5 Å². The molecule has 0 fully saturated rings. The van der Waals surface area contributed by atoms with Crippen molar-refractivity contribution >= 4 is 43.1 Å². The van der Waals surface area contributed by atoms with E-state index in [2.05, 4.69) is 4.72 Å². The number of hydrogen-bond donors (Lipinski definition) is 2. The van der Waals surface area contributed by atoms with Crippen molar-refractivity contribution < 1.29 is 18.3 Å². The number of carboxylic acids is 1. The van der Waals surface area contributed by atoms with Crippen molar-refractivity contribution in [3.05, 3.63) is 29.6 Å². The summed E-state index contributed by atoms with van der Waals surface area (Å²) < 4.78 is 26.7. The molecule has 2 rings (SSSR count). The van der Waals surface area contributed by atoms with E-state index in [9.17, 15) is 13.2 Å². The summed E-state index contributed by atoms with van der Waals surface area (Å²) in [6, 6.07) is 7.12. The van der Waals surface area contributed by atoms with E-state index in [-0.39, 0.29) is 0 Å². The molecule has 0 radical (unpaired) electrons. The molecular formula is C11H11NO4S2. The number of nitrogens with one attached hydrogen (secondary N) is 1. The van der Waals surface area contributed by atoms with Gasteiger partial charge in [-0.15, -0.1) is 11.3 Å². The molecule has 0 aliphatic heterocycles. The monoisotopic (exact) mass is 285 g/mol. The predicted molar refractivity (Wildman–Crippen MR) is 71.5 cm³/mol. The Labute approximate surface area is 108 Å². The molecule has 0 bridgehead atoms. The summed E-state index contributed by atoms with van der Waals surface area (Å²) in [6.45, 7) is 0. The Morgan fingerprint density at radius 1 is 1.33 bits per heavy atom. The highest BCUT2D eigenvalue weighted by Gasteiger charge is 2.13. The van der Waals surface area contributed by atoms with Gasteiger partial charge in [0, 0.05) is 10.4 Å². The maximum atomic E-state index is 11.6. The minimum absolute atomic E-state index is 0.407. The Morgan fingerprint density at radius 3 is 2.83 bits per heavy atom. The van der Waals surface area contributed by atoms with E-state index in [1.165, 1.54) is 0 Å². The van der Waals surface area contributed by atoms with Crippen LogP contribution in [-0.4, -0.2) is 25.2 Å². The first-order valence-electron chi connectivity index (χ1n) is 5.16. The van der Waals surface area contributed by atoms with Crippen LogP contribution >= 0.6 is 11.3 Å². The lowest BCUT2D eigenvalue weighted by atomic mass is 10.2. The molecule has 0 aliphatic rings. The molecule has 1 aromatic carbocycles. The highest BCUT2D eigenvalue weighted by molar-refractivity contribution is 7.92. The second kappa shape index (κ2) is 4.95. The van der Waals surface area contributed by atoms with Gasteiger partial charge in [0.05, 0.1) is 12.2 Å². The van der Waals surface area contributed by atoms with Crippen LogP contribution in [0.25, 0.3) is 10.1 Å². The fourth-order valence-electron chi connectivity index (χ4n) is 1.48. The smallest absolute Gasteiger partial charge is 0.304 e. The van der Waals surface area contributed by atoms with Crippen LogP contribution in [0.3, 0.4) is 0 Å². The summed E-state index contributed by atoms with van der Waals surface area (Å²) in [5, 5.41) is 11.3. The van der Waals surface area contributed by atoms with Crippen LogP contribution in [0.15, 0.2) is 29.6 Å². The van der Waals surface area contributed by atoms with E-state index < -0.39 is 28.2 Å². The van der Waals surface area contributed by atoms with E-state index in [0.29, 0.717) is 5.69 Å². The van der Waals surface area contributed by atoms with E-state index in [1.807, 2.05) is 17.5 Å². The van der Waals surface area contributed by atoms with Gasteiger partial charge in [-0.1, -0.05) is 0 Å². The predicted octanol–water partition coefficient (Wildman–Crippen LogP) is 2.12. The van der Waals surface area contributed by atoms with Crippen molar-refractivity contribution in [3.63, 3.8) is 0 Å². The average molecular weight is 285 g/mol. The summed E-state index contributed by atoms with van der Waals surface area (Å²) in [5.74, 6) is -1.56. The number of carboxylic acid groups (broad SMARTS) is 1. The second-order valence-corrected chi connectivity index (χ2v) is 6.53. The molecule has 18 heavy (non-hydrogen) atoms. The van der Waals surface area contributed by atoms with Crippen LogP contribution in [-0.2, 0) is 14.8 Å². The fraction of sp³-hybridized carbons (Fsp3) is 0.182. The molecule has 96 valence electrons. The molecule has 0 amide bonds. The zero-order valence-corrected chi connectivity index (χ0v) is 10.9. The Morgan fingerprint density at radius 2 is 2.11 bits per heavy atom. The molecule has 0 saturated carbocycles. The van der Waals surface area contributed by atoms with Gasteiger partial charge >= 0.3 is 5.97 Å². The van der Waals surface area contributed by atoms with E-state index in [0.717, 1.165) is 10.1 Å². The van der Waals surface area contributed by atoms with Gasteiger partial charge in [-0.3, -0.25) is 9.52 Å². The third-order valence-corrected chi connectivity index (χ3v) is 4.50. The number of rotatable bonds is 5. The first kappa shape index (κ1) is 12.8. The summed E-state index contributed by atoms with van der Waals surface area (Å²) >= 11 is 1.57. The van der Waals surface area contributed by atoms with Gasteiger partial charge in [-0.2, -0.15) is 0 Å². The second-order valence-electron chi connectivity index (χ2n) is 3.74. The van der Waals surface area contributed by atoms with E-state index >= 15 is 0 Å². The molecule has 5 nitrogen and oxygen atoms in total. The average Bonchev–Trinajstić information content (AvgIpc) is 2.73. The lowest BCUT2D eigenvalue weighted by molar-refractivity contribution is -0.136. The number of fused-ring (bicyclic) bond motifs is 1. The molecule has 2 N–H and O–H groups in total. The van der Waals surface area contributed by atoms with Gasteiger partial charge in [0.1, 0.15) is 0 Å². The molecule has 0 atom stereocenters. The van der Waals surface area contributed by atoms with Gasteiger partial charge in [0.15, 0.2) is 0 Å². The normalized spacial score (nSPS) is 11.6. The van der Waals surface area contributed by atoms with Crippen LogP contribution < -0.4 is 4.72 Å². The molecule has 1 heterocycles. The van der Waals surface area contributed by atoms with Gasteiger partial charge < -0.3 is 5.11 Å². The number of benzene rings is 1. The zero-order valence-electron chi connectivity index (χ0n) is 9.29. The van der Waals surface area contributed by atoms with Crippen molar-refractivity contribution in [2.75, 3.05) is 10.5 Å². The molecular weight excluding hydrogens is 274 g/mol. The number of hydrogen-bond acceptors (Lipinski definition) is 4. The topological polar surface area (TPSA) is 83.5 Å². The first-order valence-corrected chi connectivity index (χ1v) is 7.69. The third kappa shape index (κ3) is 3.21. The van der Waals surface area contributed by atoms with Gasteiger partial charge in [0.25, 0.3) is 0 Å². The Bertz CT molecular complexity index is 675. The highest BCUT2D eigenvalue weighted by atomic mass is 32.2. The summed E-state index contributed by atoms with van der Waals surface area (Å²) in [7, 11) is -3.61.